The van der Waals surface area contributed by atoms with E-state index in [4.69, 9.17) is 14.2 Å². The number of rotatable bonds is 4. The number of aryl methyl sites for hydroxylation is 1. The molecule has 1 aliphatic rings. The summed E-state index contributed by atoms with van der Waals surface area (Å²) in [6.07, 6.45) is 1.24. The lowest BCUT2D eigenvalue weighted by Crippen LogP contribution is -2.19. The molecule has 22 heavy (non-hydrogen) atoms. The number of fused-ring (bicyclic) bond motifs is 1. The molecular weight excluding hydrogens is 284 g/mol. The fraction of sp³-hybridized carbons (Fsp3) is 0.250. The molecule has 0 spiro atoms. The molecule has 1 aromatic heterocycles. The van der Waals surface area contributed by atoms with Crippen molar-refractivity contribution in [2.75, 3.05) is 19.5 Å². The van der Waals surface area contributed by atoms with Crippen LogP contribution in [0.15, 0.2) is 30.5 Å². The third-order valence-electron chi connectivity index (χ3n) is 3.63. The average molecular weight is 301 g/mol. The molecule has 2 aromatic rings. The molecule has 6 heteroatoms. The Bertz CT molecular complexity index is 730. The highest BCUT2D eigenvalue weighted by Gasteiger charge is 2.38. The summed E-state index contributed by atoms with van der Waals surface area (Å²) in [4.78, 5) is 15.3. The fourth-order valence-electron chi connectivity index (χ4n) is 2.52. The van der Waals surface area contributed by atoms with Crippen LogP contribution in [-0.4, -0.2) is 20.2 Å². The number of carbonyl (C=O) groups is 1. The van der Waals surface area contributed by atoms with Gasteiger partial charge in [-0.25, -0.2) is 15.1 Å². The first-order valence-corrected chi connectivity index (χ1v) is 6.85. The minimum atomic E-state index is -0.570. The van der Waals surface area contributed by atoms with E-state index in [2.05, 4.69) is 10.3 Å². The summed E-state index contributed by atoms with van der Waals surface area (Å²) in [6, 6.07) is 7.43. The normalized spacial score (nSPS) is 16.0. The zero-order valence-electron chi connectivity index (χ0n) is 12.6. The van der Waals surface area contributed by atoms with Crippen LogP contribution in [0.4, 0.5) is 5.82 Å². The van der Waals surface area contributed by atoms with Crippen LogP contribution >= 0.6 is 0 Å². The van der Waals surface area contributed by atoms with Crippen LogP contribution in [0, 0.1) is 6.92 Å². The van der Waals surface area contributed by atoms with Crippen molar-refractivity contribution in [2.24, 2.45) is 0 Å². The van der Waals surface area contributed by atoms with Crippen molar-refractivity contribution in [3.05, 3.63) is 47.2 Å². The number of carbonyl (C=O) groups excluding carboxylic acids is 1. The van der Waals surface area contributed by atoms with Crippen molar-refractivity contribution >= 4 is 11.8 Å². The first kappa shape index (κ1) is 14.2. The minimum Gasteiger partial charge on any atom is -0.493 e. The Kier molecular flexibility index (Phi) is 3.58. The summed E-state index contributed by atoms with van der Waals surface area (Å²) < 4.78 is 16.0. The summed E-state index contributed by atoms with van der Waals surface area (Å²) in [6.45, 7) is 1.96. The summed E-state index contributed by atoms with van der Waals surface area (Å²) in [7, 11) is 3.03. The quantitative estimate of drug-likeness (QED) is 0.876. The molecule has 2 heterocycles. The lowest BCUT2D eigenvalue weighted by atomic mass is 10.1. The number of nitrogens with one attached hydrogen (secondary N) is 2. The van der Waals surface area contributed by atoms with Gasteiger partial charge in [-0.15, -0.1) is 0 Å². The third kappa shape index (κ3) is 2.22. The second-order valence-corrected chi connectivity index (χ2v) is 4.92. The SMILES string of the molecule is COc1ccc2c(c1OC)C(=O)O[C@H]2Nc1[nH+]cccc1C. The molecule has 6 nitrogen and oxygen atoms in total. The number of pyridine rings is 1. The molecule has 0 bridgehead atoms. The first-order chi connectivity index (χ1) is 10.7. The van der Waals surface area contributed by atoms with Gasteiger partial charge in [0.1, 0.15) is 5.56 Å². The number of hydrogen-bond donors (Lipinski definition) is 1. The predicted octanol–water partition coefficient (Wildman–Crippen LogP) is 2.11. The molecule has 1 aliphatic heterocycles. The van der Waals surface area contributed by atoms with Gasteiger partial charge in [0.15, 0.2) is 11.5 Å². The first-order valence-electron chi connectivity index (χ1n) is 6.85. The Hall–Kier alpha value is -2.76. The predicted molar refractivity (Wildman–Crippen MR) is 79.1 cm³/mol. The molecule has 1 atom stereocenters. The largest absolute Gasteiger partial charge is 0.493 e. The zero-order valence-corrected chi connectivity index (χ0v) is 12.6. The Morgan fingerprint density at radius 1 is 1.23 bits per heavy atom. The molecule has 0 fully saturated rings. The van der Waals surface area contributed by atoms with E-state index in [9.17, 15) is 4.79 Å². The molecule has 0 saturated heterocycles. The Morgan fingerprint density at radius 2 is 2.05 bits per heavy atom. The number of benzene rings is 1. The van der Waals surface area contributed by atoms with Crippen LogP contribution in [0.2, 0.25) is 0 Å². The van der Waals surface area contributed by atoms with Crippen molar-refractivity contribution in [2.45, 2.75) is 13.2 Å². The van der Waals surface area contributed by atoms with Crippen LogP contribution in [0.3, 0.4) is 0 Å². The van der Waals surface area contributed by atoms with Crippen molar-refractivity contribution < 1.29 is 24.0 Å². The monoisotopic (exact) mass is 301 g/mol. The van der Waals surface area contributed by atoms with Crippen LogP contribution < -0.4 is 19.8 Å². The molecular formula is C16H17N2O4+. The molecule has 0 aliphatic carbocycles. The van der Waals surface area contributed by atoms with E-state index in [0.29, 0.717) is 17.1 Å². The minimum absolute atomic E-state index is 0.392. The molecule has 0 unspecified atom stereocenters. The topological polar surface area (TPSA) is 70.9 Å². The number of aromatic nitrogens is 1. The summed E-state index contributed by atoms with van der Waals surface area (Å²) in [5.74, 6) is 1.25. The number of aromatic amines is 1. The van der Waals surface area contributed by atoms with E-state index in [-0.39, 0.29) is 0 Å². The van der Waals surface area contributed by atoms with Crippen LogP contribution in [0.25, 0.3) is 0 Å². The smallest absolute Gasteiger partial charge is 0.346 e. The Labute approximate surface area is 128 Å². The van der Waals surface area contributed by atoms with Gasteiger partial charge in [-0.05, 0) is 31.2 Å². The van der Waals surface area contributed by atoms with Crippen molar-refractivity contribution in [1.29, 1.82) is 0 Å². The van der Waals surface area contributed by atoms with Crippen LogP contribution in [0.5, 0.6) is 11.5 Å². The lowest BCUT2D eigenvalue weighted by Gasteiger charge is -2.11. The summed E-state index contributed by atoms with van der Waals surface area (Å²) >= 11 is 0. The van der Waals surface area contributed by atoms with Gasteiger partial charge in [0, 0.05) is 5.56 Å². The number of H-pyrrole nitrogens is 1. The molecule has 114 valence electrons. The second kappa shape index (κ2) is 5.55. The molecule has 0 saturated carbocycles. The summed E-state index contributed by atoms with van der Waals surface area (Å²) in [5.41, 5.74) is 2.14. The summed E-state index contributed by atoms with van der Waals surface area (Å²) in [5, 5.41) is 3.19. The third-order valence-corrected chi connectivity index (χ3v) is 3.63. The highest BCUT2D eigenvalue weighted by atomic mass is 16.6. The van der Waals surface area contributed by atoms with Gasteiger partial charge in [-0.2, -0.15) is 0 Å². The van der Waals surface area contributed by atoms with Gasteiger partial charge in [-0.3, -0.25) is 0 Å². The van der Waals surface area contributed by atoms with Crippen molar-refractivity contribution in [3.8, 4) is 11.5 Å². The average Bonchev–Trinajstić information content (AvgIpc) is 2.85. The zero-order chi connectivity index (χ0) is 15.7. The Morgan fingerprint density at radius 3 is 2.73 bits per heavy atom. The lowest BCUT2D eigenvalue weighted by molar-refractivity contribution is -0.362. The number of cyclic esters (lactones) is 1. The highest BCUT2D eigenvalue weighted by molar-refractivity contribution is 5.98. The van der Waals surface area contributed by atoms with E-state index in [1.54, 1.807) is 12.1 Å². The van der Waals surface area contributed by atoms with Gasteiger partial charge in [0.25, 0.3) is 12.0 Å². The van der Waals surface area contributed by atoms with Gasteiger partial charge in [0.2, 0.25) is 0 Å². The van der Waals surface area contributed by atoms with E-state index < -0.39 is 12.2 Å². The molecule has 0 amide bonds. The fourth-order valence-corrected chi connectivity index (χ4v) is 2.52. The van der Waals surface area contributed by atoms with Gasteiger partial charge in [0.05, 0.1) is 26.0 Å². The number of methoxy groups -OCH3 is 2. The highest BCUT2D eigenvalue weighted by Crippen LogP contribution is 2.41. The van der Waals surface area contributed by atoms with Gasteiger partial charge < -0.3 is 14.2 Å². The molecule has 0 radical (unpaired) electrons. The van der Waals surface area contributed by atoms with Crippen molar-refractivity contribution in [3.63, 3.8) is 0 Å². The standard InChI is InChI=1S/C16H16N2O4/c1-9-5-4-8-17-14(9)18-15-10-6-7-11(20-2)13(21-3)12(10)16(19)22-15/h4-8,15H,1-3H3,(H,17,18)/p+1/t15-/m1/s1. The van der Waals surface area contributed by atoms with E-state index in [1.165, 1.54) is 14.2 Å². The molecule has 3 rings (SSSR count). The van der Waals surface area contributed by atoms with Crippen LogP contribution in [0.1, 0.15) is 27.7 Å². The second-order valence-electron chi connectivity index (χ2n) is 4.92. The maximum atomic E-state index is 12.2. The molecule has 2 N–H and O–H groups in total. The maximum absolute atomic E-state index is 12.2. The number of ether oxygens (including phenoxy) is 3. The van der Waals surface area contributed by atoms with E-state index in [0.717, 1.165) is 16.9 Å². The number of hydrogen-bond acceptors (Lipinski definition) is 5. The van der Waals surface area contributed by atoms with Gasteiger partial charge in [-0.1, -0.05) is 0 Å². The number of esters is 1. The molecule has 1 aromatic carbocycles. The van der Waals surface area contributed by atoms with Gasteiger partial charge >= 0.3 is 5.97 Å². The van der Waals surface area contributed by atoms with E-state index >= 15 is 0 Å². The maximum Gasteiger partial charge on any atom is 0.346 e. The van der Waals surface area contributed by atoms with Crippen molar-refractivity contribution in [1.82, 2.24) is 0 Å². The number of anilines is 1. The van der Waals surface area contributed by atoms with E-state index in [1.807, 2.05) is 25.3 Å². The van der Waals surface area contributed by atoms with Crippen LogP contribution in [-0.2, 0) is 4.74 Å². The Balaban J connectivity index is 2.00.